The van der Waals surface area contributed by atoms with Crippen molar-refractivity contribution in [2.75, 3.05) is 0 Å². The largest absolute Gasteiger partial charge is 0.233 e. The van der Waals surface area contributed by atoms with Gasteiger partial charge in [0.2, 0.25) is 0 Å². The normalized spacial score (nSPS) is 22.8. The molecule has 0 N–H and O–H groups in total. The average Bonchev–Trinajstić information content (AvgIpc) is 2.11. The van der Waals surface area contributed by atoms with Crippen LogP contribution in [0, 0.1) is 5.92 Å². The highest BCUT2D eigenvalue weighted by molar-refractivity contribution is 5.62. The molecule has 0 saturated carbocycles. The summed E-state index contributed by atoms with van der Waals surface area (Å²) in [5, 5.41) is 0. The summed E-state index contributed by atoms with van der Waals surface area (Å²) in [5.41, 5.74) is 3.59. The van der Waals surface area contributed by atoms with Crippen molar-refractivity contribution >= 4 is 5.94 Å². The summed E-state index contributed by atoms with van der Waals surface area (Å²) in [6.45, 7) is 6.39. The second kappa shape index (κ2) is 4.43. The van der Waals surface area contributed by atoms with Gasteiger partial charge < -0.3 is 0 Å². The zero-order valence-corrected chi connectivity index (χ0v) is 8.81. The molecule has 0 spiro atoms. The minimum atomic E-state index is 0.560. The molecule has 0 bridgehead atoms. The second-order valence-electron chi connectivity index (χ2n) is 3.92. The Hall–Kier alpha value is -0.810. The minimum Gasteiger partial charge on any atom is -0.233 e. The van der Waals surface area contributed by atoms with Crippen LogP contribution in [0.2, 0.25) is 0 Å². The zero-order valence-electron chi connectivity index (χ0n) is 8.81. The van der Waals surface area contributed by atoms with Crippen molar-refractivity contribution in [3.05, 3.63) is 16.7 Å². The number of hydrogen-bond donors (Lipinski definition) is 0. The van der Waals surface area contributed by atoms with E-state index in [1.807, 2.05) is 6.92 Å². The van der Waals surface area contributed by atoms with E-state index in [9.17, 15) is 4.79 Å². The van der Waals surface area contributed by atoms with Gasteiger partial charge in [-0.3, -0.25) is 0 Å². The third kappa shape index (κ3) is 2.10. The van der Waals surface area contributed by atoms with Crippen molar-refractivity contribution in [3.8, 4) is 0 Å². The van der Waals surface area contributed by atoms with Gasteiger partial charge in [0.1, 0.15) is 5.94 Å². The standard InChI is InChI=1S/C12H18O/c1-4-11(8-13)12-9(2)6-5-7-10(12)3/h9H,4-7H2,1-3H3. The predicted molar refractivity (Wildman–Crippen MR) is 55.2 cm³/mol. The summed E-state index contributed by atoms with van der Waals surface area (Å²) in [4.78, 5) is 10.7. The van der Waals surface area contributed by atoms with Gasteiger partial charge in [0.15, 0.2) is 0 Å². The fourth-order valence-corrected chi connectivity index (χ4v) is 2.25. The summed E-state index contributed by atoms with van der Waals surface area (Å²) < 4.78 is 0. The molecule has 0 aromatic rings. The van der Waals surface area contributed by atoms with E-state index in [0.29, 0.717) is 5.92 Å². The van der Waals surface area contributed by atoms with Crippen LogP contribution < -0.4 is 0 Å². The Labute approximate surface area is 80.5 Å². The molecule has 13 heavy (non-hydrogen) atoms. The lowest BCUT2D eigenvalue weighted by Crippen LogP contribution is -2.10. The molecule has 1 heteroatoms. The molecule has 0 heterocycles. The van der Waals surface area contributed by atoms with Crippen molar-refractivity contribution in [1.82, 2.24) is 0 Å². The van der Waals surface area contributed by atoms with Gasteiger partial charge in [-0.05, 0) is 44.1 Å². The molecule has 0 aromatic heterocycles. The lowest BCUT2D eigenvalue weighted by atomic mass is 9.80. The molecule has 72 valence electrons. The number of hydrogen-bond acceptors (Lipinski definition) is 1. The molecule has 1 atom stereocenters. The molecule has 1 unspecified atom stereocenters. The molecule has 0 aliphatic heterocycles. The smallest absolute Gasteiger partial charge is 0.128 e. The van der Waals surface area contributed by atoms with Crippen LogP contribution in [0.4, 0.5) is 0 Å². The molecule has 1 aliphatic rings. The summed E-state index contributed by atoms with van der Waals surface area (Å²) >= 11 is 0. The molecule has 0 saturated heterocycles. The molecule has 0 aromatic carbocycles. The Morgan fingerprint density at radius 1 is 1.62 bits per heavy atom. The van der Waals surface area contributed by atoms with E-state index in [1.54, 1.807) is 0 Å². The van der Waals surface area contributed by atoms with Gasteiger partial charge in [-0.1, -0.05) is 19.4 Å². The van der Waals surface area contributed by atoms with Crippen molar-refractivity contribution in [2.24, 2.45) is 5.92 Å². The maximum atomic E-state index is 10.7. The summed E-state index contributed by atoms with van der Waals surface area (Å²) in [7, 11) is 0. The maximum absolute atomic E-state index is 10.7. The lowest BCUT2D eigenvalue weighted by Gasteiger charge is -2.24. The highest BCUT2D eigenvalue weighted by atomic mass is 16.1. The molecule has 1 nitrogen and oxygen atoms in total. The first-order chi connectivity index (χ1) is 6.20. The summed E-state index contributed by atoms with van der Waals surface area (Å²) in [5.74, 6) is 2.65. The number of allylic oxidation sites excluding steroid dienone is 3. The van der Waals surface area contributed by atoms with Crippen molar-refractivity contribution in [2.45, 2.75) is 46.5 Å². The van der Waals surface area contributed by atoms with Crippen LogP contribution in [0.3, 0.4) is 0 Å². The molecular formula is C12H18O. The number of carbonyl (C=O) groups excluding carboxylic acids is 1. The van der Waals surface area contributed by atoms with Crippen LogP contribution in [0.1, 0.15) is 46.5 Å². The molecule has 1 rings (SSSR count). The zero-order chi connectivity index (χ0) is 9.84. The SMILES string of the molecule is CCC(=C=O)C1=C(C)CCCC1C. The second-order valence-corrected chi connectivity index (χ2v) is 3.92. The quantitative estimate of drug-likeness (QED) is 0.593. The van der Waals surface area contributed by atoms with E-state index < -0.39 is 0 Å². The minimum absolute atomic E-state index is 0.560. The molecule has 0 amide bonds. The molecule has 1 aliphatic carbocycles. The van der Waals surface area contributed by atoms with Gasteiger partial charge in [0, 0.05) is 5.57 Å². The third-order valence-corrected chi connectivity index (χ3v) is 2.94. The van der Waals surface area contributed by atoms with E-state index in [1.165, 1.54) is 24.0 Å². The number of rotatable bonds is 2. The Morgan fingerprint density at radius 2 is 2.31 bits per heavy atom. The van der Waals surface area contributed by atoms with E-state index in [2.05, 4.69) is 19.8 Å². The van der Waals surface area contributed by atoms with Gasteiger partial charge >= 0.3 is 0 Å². The van der Waals surface area contributed by atoms with Crippen molar-refractivity contribution < 1.29 is 4.79 Å². The Bertz CT molecular complexity index is 267. The fourth-order valence-electron chi connectivity index (χ4n) is 2.25. The topological polar surface area (TPSA) is 17.1 Å². The first-order valence-corrected chi connectivity index (χ1v) is 5.14. The summed E-state index contributed by atoms with van der Waals surface area (Å²) in [6, 6.07) is 0. The van der Waals surface area contributed by atoms with Crippen LogP contribution >= 0.6 is 0 Å². The van der Waals surface area contributed by atoms with Crippen LogP contribution in [0.25, 0.3) is 0 Å². The van der Waals surface area contributed by atoms with E-state index >= 15 is 0 Å². The van der Waals surface area contributed by atoms with Crippen LogP contribution in [0.15, 0.2) is 16.7 Å². The predicted octanol–water partition coefficient (Wildman–Crippen LogP) is 3.29. The first-order valence-electron chi connectivity index (χ1n) is 5.14. The van der Waals surface area contributed by atoms with Crippen LogP contribution in [-0.2, 0) is 4.79 Å². The fraction of sp³-hybridized carbons (Fsp3) is 0.667. The third-order valence-electron chi connectivity index (χ3n) is 2.94. The van der Waals surface area contributed by atoms with E-state index in [4.69, 9.17) is 0 Å². The molecule has 0 radical (unpaired) electrons. The highest BCUT2D eigenvalue weighted by Gasteiger charge is 2.19. The molecular weight excluding hydrogens is 160 g/mol. The van der Waals surface area contributed by atoms with Gasteiger partial charge in [-0.2, -0.15) is 0 Å². The Kier molecular flexibility index (Phi) is 3.50. The highest BCUT2D eigenvalue weighted by Crippen LogP contribution is 2.34. The maximum Gasteiger partial charge on any atom is 0.128 e. The molecule has 0 fully saturated rings. The van der Waals surface area contributed by atoms with Gasteiger partial charge in [0.25, 0.3) is 0 Å². The van der Waals surface area contributed by atoms with Gasteiger partial charge in [-0.15, -0.1) is 0 Å². The van der Waals surface area contributed by atoms with E-state index in [-0.39, 0.29) is 0 Å². The van der Waals surface area contributed by atoms with Crippen molar-refractivity contribution in [3.63, 3.8) is 0 Å². The monoisotopic (exact) mass is 178 g/mol. The van der Waals surface area contributed by atoms with E-state index in [0.717, 1.165) is 18.4 Å². The van der Waals surface area contributed by atoms with Crippen molar-refractivity contribution in [1.29, 1.82) is 0 Å². The van der Waals surface area contributed by atoms with Gasteiger partial charge in [-0.25, -0.2) is 4.79 Å². The van der Waals surface area contributed by atoms with Gasteiger partial charge in [0.05, 0.1) is 0 Å². The summed E-state index contributed by atoms with van der Waals surface area (Å²) in [6.07, 6.45) is 4.47. The lowest BCUT2D eigenvalue weighted by molar-refractivity contribution is 0.533. The first kappa shape index (κ1) is 10.3. The Balaban J connectivity index is 3.04. The van der Waals surface area contributed by atoms with Crippen LogP contribution in [0.5, 0.6) is 0 Å². The van der Waals surface area contributed by atoms with Crippen LogP contribution in [-0.4, -0.2) is 5.94 Å². The average molecular weight is 178 g/mol. The Morgan fingerprint density at radius 3 is 2.77 bits per heavy atom.